The number of hydrogen-bond donors (Lipinski definition) is 1. The molecule has 1 N–H and O–H groups in total. The maximum absolute atomic E-state index is 4.16. The smallest absolute Gasteiger partial charge is 0.0547 e. The second-order valence-electron chi connectivity index (χ2n) is 4.24. The minimum absolute atomic E-state index is 0.390. The Labute approximate surface area is 86.5 Å². The van der Waals surface area contributed by atoms with Crippen LogP contribution in [0.1, 0.15) is 38.9 Å². The number of nitrogens with one attached hydrogen (secondary N) is 1. The zero-order valence-electron chi connectivity index (χ0n) is 9.62. The van der Waals surface area contributed by atoms with Crippen LogP contribution in [-0.4, -0.2) is 16.3 Å². The Kier molecular flexibility index (Phi) is 4.14. The van der Waals surface area contributed by atoms with E-state index in [1.807, 2.05) is 17.9 Å². The lowest BCUT2D eigenvalue weighted by Crippen LogP contribution is -2.22. The fraction of sp³-hybridized carbons (Fsp3) is 0.727. The Bertz CT molecular complexity index is 265. The van der Waals surface area contributed by atoms with Crippen molar-refractivity contribution in [2.45, 2.75) is 33.2 Å². The highest BCUT2D eigenvalue weighted by molar-refractivity contribution is 5.04. The van der Waals surface area contributed by atoms with Crippen LogP contribution >= 0.6 is 0 Å². The van der Waals surface area contributed by atoms with Gasteiger partial charge in [0, 0.05) is 19.3 Å². The SMILES string of the molecule is CC(C)CCNC(C)c1ccnn1C. The number of aromatic nitrogens is 2. The molecule has 3 nitrogen and oxygen atoms in total. The molecule has 0 spiro atoms. The number of hydrogen-bond acceptors (Lipinski definition) is 2. The number of aryl methyl sites for hydroxylation is 1. The van der Waals surface area contributed by atoms with E-state index >= 15 is 0 Å². The Morgan fingerprint density at radius 3 is 2.64 bits per heavy atom. The first-order chi connectivity index (χ1) is 6.61. The molecule has 1 aromatic rings. The van der Waals surface area contributed by atoms with Gasteiger partial charge in [0.1, 0.15) is 0 Å². The molecule has 0 aliphatic carbocycles. The van der Waals surface area contributed by atoms with Crippen molar-refractivity contribution in [1.82, 2.24) is 15.1 Å². The van der Waals surface area contributed by atoms with Gasteiger partial charge in [-0.3, -0.25) is 4.68 Å². The van der Waals surface area contributed by atoms with Gasteiger partial charge in [0.15, 0.2) is 0 Å². The largest absolute Gasteiger partial charge is 0.309 e. The summed E-state index contributed by atoms with van der Waals surface area (Å²) in [7, 11) is 1.98. The third-order valence-corrected chi connectivity index (χ3v) is 2.47. The van der Waals surface area contributed by atoms with E-state index in [1.165, 1.54) is 12.1 Å². The lowest BCUT2D eigenvalue weighted by molar-refractivity contribution is 0.479. The van der Waals surface area contributed by atoms with Crippen molar-refractivity contribution in [2.24, 2.45) is 13.0 Å². The summed E-state index contributed by atoms with van der Waals surface area (Å²) in [4.78, 5) is 0. The molecule has 1 unspecified atom stereocenters. The minimum Gasteiger partial charge on any atom is -0.309 e. The molecule has 0 aliphatic heterocycles. The molecule has 0 fully saturated rings. The van der Waals surface area contributed by atoms with Crippen LogP contribution in [0.4, 0.5) is 0 Å². The molecule has 0 saturated heterocycles. The second kappa shape index (κ2) is 5.15. The summed E-state index contributed by atoms with van der Waals surface area (Å²) in [5.74, 6) is 0.765. The molecule has 0 amide bonds. The molecule has 0 radical (unpaired) electrons. The van der Waals surface area contributed by atoms with E-state index in [-0.39, 0.29) is 0 Å². The molecule has 1 rings (SSSR count). The van der Waals surface area contributed by atoms with Crippen molar-refractivity contribution in [1.29, 1.82) is 0 Å². The average molecular weight is 195 g/mol. The molecule has 0 aromatic carbocycles. The maximum atomic E-state index is 4.16. The van der Waals surface area contributed by atoms with Gasteiger partial charge in [-0.25, -0.2) is 0 Å². The summed E-state index contributed by atoms with van der Waals surface area (Å²) in [6.07, 6.45) is 3.07. The van der Waals surface area contributed by atoms with E-state index in [4.69, 9.17) is 0 Å². The van der Waals surface area contributed by atoms with Crippen molar-refractivity contribution in [3.63, 3.8) is 0 Å². The van der Waals surface area contributed by atoms with Gasteiger partial charge in [-0.15, -0.1) is 0 Å². The van der Waals surface area contributed by atoms with E-state index in [0.29, 0.717) is 6.04 Å². The molecule has 14 heavy (non-hydrogen) atoms. The maximum Gasteiger partial charge on any atom is 0.0547 e. The topological polar surface area (TPSA) is 29.9 Å². The van der Waals surface area contributed by atoms with Crippen molar-refractivity contribution in [2.75, 3.05) is 6.54 Å². The third kappa shape index (κ3) is 3.14. The quantitative estimate of drug-likeness (QED) is 0.780. The molecule has 1 atom stereocenters. The molecular weight excluding hydrogens is 174 g/mol. The van der Waals surface area contributed by atoms with Gasteiger partial charge in [0.2, 0.25) is 0 Å². The first-order valence-electron chi connectivity index (χ1n) is 5.32. The van der Waals surface area contributed by atoms with E-state index in [2.05, 4.69) is 37.3 Å². The fourth-order valence-electron chi connectivity index (χ4n) is 1.50. The molecular formula is C11H21N3. The highest BCUT2D eigenvalue weighted by atomic mass is 15.3. The van der Waals surface area contributed by atoms with Crippen molar-refractivity contribution in [3.8, 4) is 0 Å². The zero-order valence-corrected chi connectivity index (χ0v) is 9.62. The van der Waals surface area contributed by atoms with Crippen LogP contribution in [0.25, 0.3) is 0 Å². The third-order valence-electron chi connectivity index (χ3n) is 2.47. The Morgan fingerprint density at radius 1 is 1.43 bits per heavy atom. The van der Waals surface area contributed by atoms with Gasteiger partial charge in [-0.2, -0.15) is 5.10 Å². The van der Waals surface area contributed by atoms with Crippen molar-refractivity contribution in [3.05, 3.63) is 18.0 Å². The van der Waals surface area contributed by atoms with Crippen molar-refractivity contribution >= 4 is 0 Å². The van der Waals surface area contributed by atoms with Crippen LogP contribution in [0.15, 0.2) is 12.3 Å². The Morgan fingerprint density at radius 2 is 2.14 bits per heavy atom. The molecule has 3 heteroatoms. The number of rotatable bonds is 5. The Balaban J connectivity index is 2.36. The predicted octanol–water partition coefficient (Wildman–Crippen LogP) is 2.12. The van der Waals surface area contributed by atoms with E-state index in [0.717, 1.165) is 12.5 Å². The van der Waals surface area contributed by atoms with Crippen LogP contribution < -0.4 is 5.32 Å². The first kappa shape index (κ1) is 11.2. The Hall–Kier alpha value is -0.830. The second-order valence-corrected chi connectivity index (χ2v) is 4.24. The normalized spacial score (nSPS) is 13.5. The van der Waals surface area contributed by atoms with Gasteiger partial charge in [0.25, 0.3) is 0 Å². The molecule has 0 aliphatic rings. The summed E-state index contributed by atoms with van der Waals surface area (Å²) in [5.41, 5.74) is 1.24. The van der Waals surface area contributed by atoms with E-state index < -0.39 is 0 Å². The predicted molar refractivity (Wildman–Crippen MR) is 59.1 cm³/mol. The zero-order chi connectivity index (χ0) is 10.6. The molecule has 0 bridgehead atoms. The molecule has 0 saturated carbocycles. The summed E-state index contributed by atoms with van der Waals surface area (Å²) in [6.45, 7) is 7.74. The van der Waals surface area contributed by atoms with Crippen LogP contribution in [0.2, 0.25) is 0 Å². The summed E-state index contributed by atoms with van der Waals surface area (Å²) >= 11 is 0. The lowest BCUT2D eigenvalue weighted by Gasteiger charge is -2.14. The summed E-state index contributed by atoms with van der Waals surface area (Å²) in [5, 5.41) is 7.65. The minimum atomic E-state index is 0.390. The standard InChI is InChI=1S/C11H21N3/c1-9(2)5-7-12-10(3)11-6-8-13-14(11)4/h6,8-10,12H,5,7H2,1-4H3. The van der Waals surface area contributed by atoms with E-state index in [1.54, 1.807) is 0 Å². The van der Waals surface area contributed by atoms with Gasteiger partial charge < -0.3 is 5.32 Å². The summed E-state index contributed by atoms with van der Waals surface area (Å²) in [6, 6.07) is 2.45. The van der Waals surface area contributed by atoms with Crippen LogP contribution in [0, 0.1) is 5.92 Å². The number of nitrogens with zero attached hydrogens (tertiary/aromatic N) is 2. The molecule has 80 valence electrons. The van der Waals surface area contributed by atoms with Gasteiger partial charge in [0.05, 0.1) is 5.69 Å². The molecule has 1 heterocycles. The fourth-order valence-corrected chi connectivity index (χ4v) is 1.50. The molecule has 1 aromatic heterocycles. The van der Waals surface area contributed by atoms with Crippen LogP contribution in [0.3, 0.4) is 0 Å². The average Bonchev–Trinajstić information content (AvgIpc) is 2.50. The van der Waals surface area contributed by atoms with Crippen LogP contribution in [0.5, 0.6) is 0 Å². The van der Waals surface area contributed by atoms with Gasteiger partial charge >= 0.3 is 0 Å². The highest BCUT2D eigenvalue weighted by Gasteiger charge is 2.07. The highest BCUT2D eigenvalue weighted by Crippen LogP contribution is 2.10. The van der Waals surface area contributed by atoms with Gasteiger partial charge in [-0.1, -0.05) is 13.8 Å². The van der Waals surface area contributed by atoms with Crippen molar-refractivity contribution < 1.29 is 0 Å². The van der Waals surface area contributed by atoms with E-state index in [9.17, 15) is 0 Å². The lowest BCUT2D eigenvalue weighted by atomic mass is 10.1. The first-order valence-corrected chi connectivity index (χ1v) is 5.32. The van der Waals surface area contributed by atoms with Gasteiger partial charge in [-0.05, 0) is 31.9 Å². The van der Waals surface area contributed by atoms with Crippen LogP contribution in [-0.2, 0) is 7.05 Å². The monoisotopic (exact) mass is 195 g/mol. The summed E-state index contributed by atoms with van der Waals surface area (Å²) < 4.78 is 1.92.